The van der Waals surface area contributed by atoms with Crippen LogP contribution in [-0.4, -0.2) is 64.3 Å². The van der Waals surface area contributed by atoms with E-state index in [2.05, 4.69) is 31.7 Å². The average Bonchev–Trinajstić information content (AvgIpc) is 2.80. The number of hydrogen-bond donors (Lipinski definition) is 2. The molecule has 1 fully saturated rings. The second-order valence-corrected chi connectivity index (χ2v) is 5.49. The van der Waals surface area contributed by atoms with Gasteiger partial charge in [-0.15, -0.1) is 0 Å². The molecule has 2 N–H and O–H groups in total. The number of β-amino-alcohol motifs (C(OH)–C–C–N with tert-alkyl or cyclic N) is 1. The lowest BCUT2D eigenvalue weighted by Gasteiger charge is -2.23. The Labute approximate surface area is 124 Å². The second-order valence-electron chi connectivity index (χ2n) is 5.49. The van der Waals surface area contributed by atoms with Crippen LogP contribution in [-0.2, 0) is 6.42 Å². The summed E-state index contributed by atoms with van der Waals surface area (Å²) in [4.78, 5) is 16.8. The van der Waals surface area contributed by atoms with E-state index < -0.39 is 0 Å². The van der Waals surface area contributed by atoms with Gasteiger partial charge in [0.2, 0.25) is 0 Å². The molecule has 0 aromatic carbocycles. The Balaban J connectivity index is 1.88. The largest absolute Gasteiger partial charge is 0.395 e. The van der Waals surface area contributed by atoms with Gasteiger partial charge in [0.15, 0.2) is 0 Å². The molecule has 6 nitrogen and oxygen atoms in total. The van der Waals surface area contributed by atoms with E-state index in [1.165, 1.54) is 5.56 Å². The average molecular weight is 289 g/mol. The molecular weight excluding hydrogens is 266 g/mol. The van der Waals surface area contributed by atoms with Crippen LogP contribution in [0.4, 0.5) is 5.82 Å². The molecule has 6 heteroatoms. The van der Waals surface area contributed by atoms with E-state index in [0.29, 0.717) is 0 Å². The Hall–Kier alpha value is -1.66. The summed E-state index contributed by atoms with van der Waals surface area (Å²) in [5.74, 6) is 1.05. The molecule has 0 radical (unpaired) electrons. The summed E-state index contributed by atoms with van der Waals surface area (Å²) in [6, 6.07) is 0. The molecule has 1 aliphatic heterocycles. The predicted octanol–water partition coefficient (Wildman–Crippen LogP) is 1.02. The van der Waals surface area contributed by atoms with E-state index in [-0.39, 0.29) is 6.61 Å². The maximum atomic E-state index is 9.10. The van der Waals surface area contributed by atoms with Crippen LogP contribution in [0.5, 0.6) is 0 Å². The third-order valence-electron chi connectivity index (χ3n) is 4.22. The van der Waals surface area contributed by atoms with Crippen molar-refractivity contribution in [2.24, 2.45) is 0 Å². The fourth-order valence-electron chi connectivity index (χ4n) is 3.08. The number of fused-ring (bicyclic) bond motifs is 1. The number of aromatic nitrogens is 3. The second kappa shape index (κ2) is 6.41. The van der Waals surface area contributed by atoms with Crippen molar-refractivity contribution in [3.8, 4) is 0 Å². The van der Waals surface area contributed by atoms with Crippen molar-refractivity contribution in [1.29, 1.82) is 0 Å². The van der Waals surface area contributed by atoms with Crippen LogP contribution in [0.1, 0.15) is 18.9 Å². The SMILES string of the molecule is CCc1c[nH]c2ncnc(N3CCCN(CCO)CC3)c12. The molecule has 3 rings (SSSR count). The molecular formula is C15H23N5O. The highest BCUT2D eigenvalue weighted by Gasteiger charge is 2.19. The number of anilines is 1. The van der Waals surface area contributed by atoms with Gasteiger partial charge >= 0.3 is 0 Å². The third-order valence-corrected chi connectivity index (χ3v) is 4.22. The minimum Gasteiger partial charge on any atom is -0.395 e. The molecule has 0 atom stereocenters. The minimum atomic E-state index is 0.232. The number of nitrogens with zero attached hydrogens (tertiary/aromatic N) is 4. The highest BCUT2D eigenvalue weighted by atomic mass is 16.3. The highest BCUT2D eigenvalue weighted by molar-refractivity contribution is 5.90. The van der Waals surface area contributed by atoms with Crippen molar-refractivity contribution in [3.05, 3.63) is 18.1 Å². The molecule has 0 amide bonds. The number of aliphatic hydroxyl groups excluding tert-OH is 1. The van der Waals surface area contributed by atoms with Gasteiger partial charge in [0.05, 0.1) is 12.0 Å². The quantitative estimate of drug-likeness (QED) is 0.880. The van der Waals surface area contributed by atoms with Crippen LogP contribution in [0.3, 0.4) is 0 Å². The van der Waals surface area contributed by atoms with Gasteiger partial charge in [-0.2, -0.15) is 0 Å². The van der Waals surface area contributed by atoms with Crippen molar-refractivity contribution in [2.75, 3.05) is 44.2 Å². The zero-order chi connectivity index (χ0) is 14.7. The molecule has 0 unspecified atom stereocenters. The molecule has 0 bridgehead atoms. The summed E-state index contributed by atoms with van der Waals surface area (Å²) in [5, 5.41) is 10.3. The van der Waals surface area contributed by atoms with Gasteiger partial charge in [-0.1, -0.05) is 6.92 Å². The van der Waals surface area contributed by atoms with Gasteiger partial charge in [-0.05, 0) is 24.9 Å². The number of rotatable bonds is 4. The third kappa shape index (κ3) is 2.87. The topological polar surface area (TPSA) is 68.3 Å². The van der Waals surface area contributed by atoms with Crippen LogP contribution < -0.4 is 4.90 Å². The van der Waals surface area contributed by atoms with Crippen LogP contribution in [0.25, 0.3) is 11.0 Å². The maximum absolute atomic E-state index is 9.10. The molecule has 114 valence electrons. The van der Waals surface area contributed by atoms with Crippen molar-refractivity contribution in [2.45, 2.75) is 19.8 Å². The number of H-pyrrole nitrogens is 1. The summed E-state index contributed by atoms with van der Waals surface area (Å²) in [5.41, 5.74) is 2.20. The molecule has 2 aromatic rings. The minimum absolute atomic E-state index is 0.232. The lowest BCUT2D eigenvalue weighted by atomic mass is 10.2. The van der Waals surface area contributed by atoms with Crippen molar-refractivity contribution < 1.29 is 5.11 Å². The Bertz CT molecular complexity index is 597. The molecule has 3 heterocycles. The van der Waals surface area contributed by atoms with E-state index in [1.807, 2.05) is 6.20 Å². The number of aliphatic hydroxyl groups is 1. The van der Waals surface area contributed by atoms with Gasteiger partial charge in [0, 0.05) is 32.4 Å². The Kier molecular flexibility index (Phi) is 4.36. The van der Waals surface area contributed by atoms with Crippen LogP contribution >= 0.6 is 0 Å². The molecule has 0 aliphatic carbocycles. The molecule has 2 aromatic heterocycles. The standard InChI is InChI=1S/C15H23N5O/c1-2-12-10-16-14-13(12)15(18-11-17-14)20-5-3-4-19(6-7-20)8-9-21/h10-11,21H,2-9H2,1H3,(H,16,17,18). The van der Waals surface area contributed by atoms with Crippen LogP contribution in [0.2, 0.25) is 0 Å². The number of aromatic amines is 1. The van der Waals surface area contributed by atoms with Crippen molar-refractivity contribution in [1.82, 2.24) is 19.9 Å². The van der Waals surface area contributed by atoms with Crippen molar-refractivity contribution in [3.63, 3.8) is 0 Å². The molecule has 0 saturated carbocycles. The first-order valence-electron chi connectivity index (χ1n) is 7.72. The van der Waals surface area contributed by atoms with E-state index >= 15 is 0 Å². The lowest BCUT2D eigenvalue weighted by molar-refractivity contribution is 0.204. The first-order chi connectivity index (χ1) is 10.3. The number of hydrogen-bond acceptors (Lipinski definition) is 5. The summed E-state index contributed by atoms with van der Waals surface area (Å²) in [6.45, 7) is 7.11. The summed E-state index contributed by atoms with van der Waals surface area (Å²) >= 11 is 0. The first kappa shape index (κ1) is 14.3. The zero-order valence-corrected chi connectivity index (χ0v) is 12.5. The lowest BCUT2D eigenvalue weighted by Crippen LogP contribution is -2.32. The van der Waals surface area contributed by atoms with Crippen molar-refractivity contribution >= 4 is 16.9 Å². The summed E-state index contributed by atoms with van der Waals surface area (Å²) < 4.78 is 0. The summed E-state index contributed by atoms with van der Waals surface area (Å²) in [7, 11) is 0. The van der Waals surface area contributed by atoms with E-state index in [0.717, 1.165) is 62.4 Å². The highest BCUT2D eigenvalue weighted by Crippen LogP contribution is 2.27. The first-order valence-corrected chi connectivity index (χ1v) is 7.72. The van der Waals surface area contributed by atoms with Gasteiger partial charge in [0.1, 0.15) is 17.8 Å². The van der Waals surface area contributed by atoms with Gasteiger partial charge in [-0.25, -0.2) is 9.97 Å². The smallest absolute Gasteiger partial charge is 0.143 e. The molecule has 1 aliphatic rings. The Morgan fingerprint density at radius 2 is 2.14 bits per heavy atom. The van der Waals surface area contributed by atoms with E-state index in [1.54, 1.807) is 6.33 Å². The fraction of sp³-hybridized carbons (Fsp3) is 0.600. The number of nitrogens with one attached hydrogen (secondary N) is 1. The maximum Gasteiger partial charge on any atom is 0.143 e. The fourth-order valence-corrected chi connectivity index (χ4v) is 3.08. The zero-order valence-electron chi connectivity index (χ0n) is 12.5. The van der Waals surface area contributed by atoms with Gasteiger partial charge in [0.25, 0.3) is 0 Å². The molecule has 21 heavy (non-hydrogen) atoms. The normalized spacial score (nSPS) is 17.3. The van der Waals surface area contributed by atoms with E-state index in [4.69, 9.17) is 5.11 Å². The van der Waals surface area contributed by atoms with Gasteiger partial charge < -0.3 is 15.0 Å². The molecule has 0 spiro atoms. The Morgan fingerprint density at radius 1 is 1.24 bits per heavy atom. The Morgan fingerprint density at radius 3 is 2.95 bits per heavy atom. The van der Waals surface area contributed by atoms with E-state index in [9.17, 15) is 0 Å². The molecule has 1 saturated heterocycles. The van der Waals surface area contributed by atoms with Gasteiger partial charge in [-0.3, -0.25) is 4.90 Å². The summed E-state index contributed by atoms with van der Waals surface area (Å²) in [6.07, 6.45) is 5.75. The van der Waals surface area contributed by atoms with Crippen LogP contribution in [0.15, 0.2) is 12.5 Å². The van der Waals surface area contributed by atoms with Crippen LogP contribution in [0, 0.1) is 0 Å². The number of aryl methyl sites for hydroxylation is 1. The monoisotopic (exact) mass is 289 g/mol. The predicted molar refractivity (Wildman–Crippen MR) is 83.6 cm³/mol.